The number of benzene rings is 1. The monoisotopic (exact) mass is 193 g/mol. The van der Waals surface area contributed by atoms with E-state index in [1.807, 2.05) is 19.1 Å². The molecule has 0 atom stereocenters. The molecule has 0 spiro atoms. The van der Waals surface area contributed by atoms with E-state index in [2.05, 4.69) is 0 Å². The van der Waals surface area contributed by atoms with E-state index >= 15 is 0 Å². The zero-order valence-corrected chi connectivity index (χ0v) is 8.49. The van der Waals surface area contributed by atoms with Crippen molar-refractivity contribution in [3.8, 4) is 11.5 Å². The van der Waals surface area contributed by atoms with Crippen molar-refractivity contribution in [2.75, 3.05) is 19.5 Å². The Morgan fingerprint density at radius 3 is 2.79 bits per heavy atom. The topological polar surface area (TPSA) is 44.5 Å². The minimum Gasteiger partial charge on any atom is -0.493 e. The average Bonchev–Trinajstić information content (AvgIpc) is 2.19. The van der Waals surface area contributed by atoms with Gasteiger partial charge in [-0.3, -0.25) is 0 Å². The molecule has 1 rings (SSSR count). The molecular formula is C11H15NO2. The van der Waals surface area contributed by atoms with E-state index in [-0.39, 0.29) is 0 Å². The van der Waals surface area contributed by atoms with Gasteiger partial charge in [0, 0.05) is 11.8 Å². The molecule has 0 aliphatic heterocycles. The standard InChI is InChI=1S/C11H15NO2/c1-3-4-7-14-11-8-9(12)5-6-10(11)13-2/h3-6,8H,7,12H2,1-2H3/b4-3+. The first-order chi connectivity index (χ1) is 6.77. The van der Waals surface area contributed by atoms with Gasteiger partial charge in [0.2, 0.25) is 0 Å². The van der Waals surface area contributed by atoms with Crippen LogP contribution in [-0.2, 0) is 0 Å². The van der Waals surface area contributed by atoms with Crippen molar-refractivity contribution in [1.82, 2.24) is 0 Å². The number of nitrogens with two attached hydrogens (primary N) is 1. The number of hydrogen-bond acceptors (Lipinski definition) is 3. The molecule has 0 saturated carbocycles. The lowest BCUT2D eigenvalue weighted by molar-refractivity contribution is 0.326. The zero-order valence-electron chi connectivity index (χ0n) is 8.49. The molecule has 0 bridgehead atoms. The summed E-state index contributed by atoms with van der Waals surface area (Å²) in [5.74, 6) is 1.37. The van der Waals surface area contributed by atoms with Gasteiger partial charge in [0.15, 0.2) is 11.5 Å². The van der Waals surface area contributed by atoms with E-state index in [1.54, 1.807) is 25.3 Å². The third-order valence-electron chi connectivity index (χ3n) is 1.76. The first-order valence-electron chi connectivity index (χ1n) is 4.45. The van der Waals surface area contributed by atoms with Crippen LogP contribution in [-0.4, -0.2) is 13.7 Å². The summed E-state index contributed by atoms with van der Waals surface area (Å²) in [5.41, 5.74) is 6.30. The van der Waals surface area contributed by atoms with E-state index in [0.29, 0.717) is 23.8 Å². The normalized spacial score (nSPS) is 10.4. The number of anilines is 1. The molecule has 0 amide bonds. The fourth-order valence-corrected chi connectivity index (χ4v) is 1.04. The average molecular weight is 193 g/mol. The molecule has 2 N–H and O–H groups in total. The minimum absolute atomic E-state index is 0.524. The quantitative estimate of drug-likeness (QED) is 0.589. The highest BCUT2D eigenvalue weighted by atomic mass is 16.5. The van der Waals surface area contributed by atoms with E-state index in [0.717, 1.165) is 0 Å². The van der Waals surface area contributed by atoms with Crippen molar-refractivity contribution in [2.45, 2.75) is 6.92 Å². The summed E-state index contributed by atoms with van der Waals surface area (Å²) >= 11 is 0. The van der Waals surface area contributed by atoms with Gasteiger partial charge in [0.1, 0.15) is 6.61 Å². The van der Waals surface area contributed by atoms with Crippen molar-refractivity contribution >= 4 is 5.69 Å². The predicted octanol–water partition coefficient (Wildman–Crippen LogP) is 2.23. The van der Waals surface area contributed by atoms with Crippen LogP contribution in [0.1, 0.15) is 6.92 Å². The fraction of sp³-hybridized carbons (Fsp3) is 0.273. The molecule has 0 aromatic heterocycles. The zero-order chi connectivity index (χ0) is 10.4. The molecule has 0 aliphatic carbocycles. The molecule has 3 heteroatoms. The smallest absolute Gasteiger partial charge is 0.163 e. The molecule has 76 valence electrons. The number of hydrogen-bond donors (Lipinski definition) is 1. The Morgan fingerprint density at radius 1 is 1.36 bits per heavy atom. The van der Waals surface area contributed by atoms with Crippen LogP contribution in [0.15, 0.2) is 30.4 Å². The third kappa shape index (κ3) is 2.69. The Bertz CT molecular complexity index is 321. The SMILES string of the molecule is C/C=C/COc1cc(N)ccc1OC. The molecule has 0 radical (unpaired) electrons. The van der Waals surface area contributed by atoms with Gasteiger partial charge in [-0.1, -0.05) is 12.2 Å². The summed E-state index contributed by atoms with van der Waals surface area (Å²) in [4.78, 5) is 0. The van der Waals surface area contributed by atoms with Gasteiger partial charge in [-0.05, 0) is 19.1 Å². The Labute approximate surface area is 84.1 Å². The number of nitrogen functional groups attached to an aromatic ring is 1. The first kappa shape index (κ1) is 10.4. The summed E-state index contributed by atoms with van der Waals surface area (Å²) in [7, 11) is 1.61. The van der Waals surface area contributed by atoms with Gasteiger partial charge in [-0.2, -0.15) is 0 Å². The van der Waals surface area contributed by atoms with Gasteiger partial charge in [-0.25, -0.2) is 0 Å². The van der Waals surface area contributed by atoms with E-state index in [1.165, 1.54) is 0 Å². The van der Waals surface area contributed by atoms with Crippen LogP contribution in [0.25, 0.3) is 0 Å². The van der Waals surface area contributed by atoms with Crippen molar-refractivity contribution in [2.24, 2.45) is 0 Å². The van der Waals surface area contributed by atoms with Crippen molar-refractivity contribution in [3.05, 3.63) is 30.4 Å². The molecule has 0 saturated heterocycles. The van der Waals surface area contributed by atoms with Gasteiger partial charge in [0.25, 0.3) is 0 Å². The first-order valence-corrected chi connectivity index (χ1v) is 4.45. The van der Waals surface area contributed by atoms with Crippen molar-refractivity contribution in [3.63, 3.8) is 0 Å². The maximum absolute atomic E-state index is 5.63. The fourth-order valence-electron chi connectivity index (χ4n) is 1.04. The number of methoxy groups -OCH3 is 1. The van der Waals surface area contributed by atoms with Crippen LogP contribution >= 0.6 is 0 Å². The molecule has 0 fully saturated rings. The second-order valence-corrected chi connectivity index (χ2v) is 2.79. The highest BCUT2D eigenvalue weighted by Gasteiger charge is 2.02. The summed E-state index contributed by atoms with van der Waals surface area (Å²) < 4.78 is 10.6. The van der Waals surface area contributed by atoms with Gasteiger partial charge < -0.3 is 15.2 Å². The van der Waals surface area contributed by atoms with Crippen LogP contribution in [0, 0.1) is 0 Å². The molecule has 0 aliphatic rings. The highest BCUT2D eigenvalue weighted by Crippen LogP contribution is 2.28. The van der Waals surface area contributed by atoms with Crippen LogP contribution in [0.3, 0.4) is 0 Å². The van der Waals surface area contributed by atoms with Crippen molar-refractivity contribution < 1.29 is 9.47 Å². The molecular weight excluding hydrogens is 178 g/mol. The Hall–Kier alpha value is -1.64. The number of allylic oxidation sites excluding steroid dienone is 1. The second-order valence-electron chi connectivity index (χ2n) is 2.79. The lowest BCUT2D eigenvalue weighted by Crippen LogP contribution is -1.97. The highest BCUT2D eigenvalue weighted by molar-refractivity contribution is 5.51. The molecule has 14 heavy (non-hydrogen) atoms. The van der Waals surface area contributed by atoms with Gasteiger partial charge in [-0.15, -0.1) is 0 Å². The largest absolute Gasteiger partial charge is 0.493 e. The summed E-state index contributed by atoms with van der Waals surface area (Å²) in [5, 5.41) is 0. The Morgan fingerprint density at radius 2 is 2.14 bits per heavy atom. The Kier molecular flexibility index (Phi) is 3.85. The van der Waals surface area contributed by atoms with Gasteiger partial charge in [0.05, 0.1) is 7.11 Å². The van der Waals surface area contributed by atoms with E-state index in [4.69, 9.17) is 15.2 Å². The Balaban J connectivity index is 2.76. The summed E-state index contributed by atoms with van der Waals surface area (Å²) in [6.07, 6.45) is 3.85. The molecule has 1 aromatic rings. The molecule has 0 unspecified atom stereocenters. The minimum atomic E-state index is 0.524. The van der Waals surface area contributed by atoms with E-state index < -0.39 is 0 Å². The predicted molar refractivity (Wildman–Crippen MR) is 57.7 cm³/mol. The van der Waals surface area contributed by atoms with Gasteiger partial charge >= 0.3 is 0 Å². The number of ether oxygens (including phenoxy) is 2. The number of rotatable bonds is 4. The van der Waals surface area contributed by atoms with Crippen LogP contribution in [0.5, 0.6) is 11.5 Å². The van der Waals surface area contributed by atoms with Crippen LogP contribution < -0.4 is 15.2 Å². The maximum atomic E-state index is 5.63. The lowest BCUT2D eigenvalue weighted by Gasteiger charge is -2.09. The maximum Gasteiger partial charge on any atom is 0.163 e. The molecule has 0 heterocycles. The van der Waals surface area contributed by atoms with Crippen LogP contribution in [0.2, 0.25) is 0 Å². The lowest BCUT2D eigenvalue weighted by atomic mass is 10.3. The summed E-state index contributed by atoms with van der Waals surface area (Å²) in [6.45, 7) is 2.47. The van der Waals surface area contributed by atoms with Crippen molar-refractivity contribution in [1.29, 1.82) is 0 Å². The summed E-state index contributed by atoms with van der Waals surface area (Å²) in [6, 6.07) is 5.32. The van der Waals surface area contributed by atoms with E-state index in [9.17, 15) is 0 Å². The molecule has 3 nitrogen and oxygen atoms in total. The second kappa shape index (κ2) is 5.17. The third-order valence-corrected chi connectivity index (χ3v) is 1.76. The molecule has 1 aromatic carbocycles. The van der Waals surface area contributed by atoms with Crippen LogP contribution in [0.4, 0.5) is 5.69 Å².